The molecule has 0 atom stereocenters. The Morgan fingerprint density at radius 3 is 2.36 bits per heavy atom. The number of nitrogens with one attached hydrogen (secondary N) is 2. The maximum atomic E-state index is 5.55. The highest BCUT2D eigenvalue weighted by Gasteiger charge is 2.22. The molecule has 2 aromatic carbocycles. The molecule has 1 fully saturated rings. The second-order valence-corrected chi connectivity index (χ2v) is 9.51. The number of nitrogens with zero attached hydrogens (tertiary/aromatic N) is 3. The molecule has 3 aromatic rings. The van der Waals surface area contributed by atoms with Crippen LogP contribution in [0, 0.1) is 0 Å². The van der Waals surface area contributed by atoms with Crippen LogP contribution >= 0.6 is 15.9 Å². The van der Waals surface area contributed by atoms with Crippen LogP contribution in [-0.2, 0) is 6.54 Å². The van der Waals surface area contributed by atoms with Crippen molar-refractivity contribution in [3.8, 4) is 11.5 Å². The molecule has 4 rings (SSSR count). The van der Waals surface area contributed by atoms with Crippen LogP contribution in [0.2, 0.25) is 0 Å². The van der Waals surface area contributed by atoms with Crippen molar-refractivity contribution in [1.82, 2.24) is 15.3 Å². The van der Waals surface area contributed by atoms with Crippen LogP contribution in [0.1, 0.15) is 31.2 Å². The van der Waals surface area contributed by atoms with Crippen LogP contribution in [0.3, 0.4) is 0 Å². The first-order chi connectivity index (χ1) is 16.0. The summed E-state index contributed by atoms with van der Waals surface area (Å²) in [5.41, 5.74) is 2.08. The summed E-state index contributed by atoms with van der Waals surface area (Å²) in [5.74, 6) is 3.26. The minimum Gasteiger partial charge on any atom is -0.496 e. The van der Waals surface area contributed by atoms with Crippen LogP contribution in [0.5, 0.6) is 11.5 Å². The Balaban J connectivity index is 1.35. The van der Waals surface area contributed by atoms with Gasteiger partial charge in [-0.15, -0.1) is 0 Å². The van der Waals surface area contributed by atoms with Gasteiger partial charge in [0.15, 0.2) is 0 Å². The van der Waals surface area contributed by atoms with E-state index in [4.69, 9.17) is 19.4 Å². The largest absolute Gasteiger partial charge is 0.496 e. The van der Waals surface area contributed by atoms with Crippen molar-refractivity contribution in [2.75, 3.05) is 38.5 Å². The Morgan fingerprint density at radius 2 is 1.67 bits per heavy atom. The molecule has 2 N–H and O–H groups in total. The lowest BCUT2D eigenvalue weighted by Crippen LogP contribution is -2.37. The van der Waals surface area contributed by atoms with Crippen molar-refractivity contribution in [3.63, 3.8) is 0 Å². The minimum atomic E-state index is 0.379. The van der Waals surface area contributed by atoms with Gasteiger partial charge in [-0.3, -0.25) is 0 Å². The van der Waals surface area contributed by atoms with Gasteiger partial charge in [0.05, 0.1) is 24.2 Å². The van der Waals surface area contributed by atoms with Crippen LogP contribution in [0.15, 0.2) is 40.9 Å². The van der Waals surface area contributed by atoms with Crippen molar-refractivity contribution < 1.29 is 9.47 Å². The van der Waals surface area contributed by atoms with Gasteiger partial charge in [-0.1, -0.05) is 12.1 Å². The number of ether oxygens (including phenoxy) is 2. The van der Waals surface area contributed by atoms with Crippen molar-refractivity contribution in [3.05, 3.63) is 46.4 Å². The van der Waals surface area contributed by atoms with Crippen LogP contribution in [0.4, 0.5) is 11.8 Å². The van der Waals surface area contributed by atoms with E-state index in [1.54, 1.807) is 14.2 Å². The fourth-order valence-corrected chi connectivity index (χ4v) is 4.96. The Hall–Kier alpha value is -2.58. The Labute approximate surface area is 204 Å². The molecule has 0 unspecified atom stereocenters. The monoisotopic (exact) mass is 513 g/mol. The van der Waals surface area contributed by atoms with E-state index in [-0.39, 0.29) is 0 Å². The molecule has 0 aliphatic heterocycles. The summed E-state index contributed by atoms with van der Waals surface area (Å²) in [4.78, 5) is 11.6. The molecule has 1 heterocycles. The van der Waals surface area contributed by atoms with Crippen molar-refractivity contribution >= 4 is 38.6 Å². The average Bonchev–Trinajstić information content (AvgIpc) is 2.83. The normalized spacial score (nSPS) is 18.2. The maximum Gasteiger partial charge on any atom is 0.225 e. The lowest BCUT2D eigenvalue weighted by atomic mass is 9.91. The van der Waals surface area contributed by atoms with Crippen LogP contribution in [-0.4, -0.2) is 50.4 Å². The first-order valence-corrected chi connectivity index (χ1v) is 12.1. The van der Waals surface area contributed by atoms with E-state index >= 15 is 0 Å². The number of hydrogen-bond donors (Lipinski definition) is 2. The highest BCUT2D eigenvalue weighted by Crippen LogP contribution is 2.33. The molecular weight excluding hydrogens is 482 g/mol. The second kappa shape index (κ2) is 10.6. The van der Waals surface area contributed by atoms with E-state index in [0.717, 1.165) is 70.5 Å². The van der Waals surface area contributed by atoms with Gasteiger partial charge >= 0.3 is 0 Å². The smallest absolute Gasteiger partial charge is 0.225 e. The fourth-order valence-electron chi connectivity index (χ4n) is 4.40. The fraction of sp³-hybridized carbons (Fsp3) is 0.440. The third-order valence-corrected chi connectivity index (χ3v) is 6.82. The van der Waals surface area contributed by atoms with E-state index in [9.17, 15) is 0 Å². The first-order valence-electron chi connectivity index (χ1n) is 11.3. The van der Waals surface area contributed by atoms with Gasteiger partial charge in [-0.05, 0) is 59.8 Å². The Bertz CT molecular complexity index is 1100. The molecule has 0 amide bonds. The number of rotatable bonds is 8. The summed E-state index contributed by atoms with van der Waals surface area (Å²) in [6.45, 7) is 0.758. The molecule has 176 valence electrons. The van der Waals surface area contributed by atoms with Gasteiger partial charge in [0.1, 0.15) is 17.3 Å². The van der Waals surface area contributed by atoms with Gasteiger partial charge in [0, 0.05) is 49.7 Å². The predicted molar refractivity (Wildman–Crippen MR) is 138 cm³/mol. The zero-order valence-corrected chi connectivity index (χ0v) is 21.3. The topological polar surface area (TPSA) is 71.5 Å². The zero-order chi connectivity index (χ0) is 23.4. The number of benzene rings is 2. The van der Waals surface area contributed by atoms with Crippen molar-refractivity contribution in [2.24, 2.45) is 0 Å². The second-order valence-electron chi connectivity index (χ2n) is 8.65. The molecule has 0 bridgehead atoms. The third kappa shape index (κ3) is 5.50. The summed E-state index contributed by atoms with van der Waals surface area (Å²) >= 11 is 3.57. The zero-order valence-electron chi connectivity index (χ0n) is 19.7. The maximum absolute atomic E-state index is 5.55. The number of hydrogen-bond acceptors (Lipinski definition) is 7. The Morgan fingerprint density at radius 1 is 0.970 bits per heavy atom. The molecule has 33 heavy (non-hydrogen) atoms. The number of anilines is 2. The van der Waals surface area contributed by atoms with Gasteiger partial charge < -0.3 is 25.0 Å². The standard InChI is InChI=1S/C25H32BrN5O2/c1-31(2)24-19-7-5-6-8-21(19)29-25(30-24)28-18-11-9-17(10-12-18)27-15-16-13-20(26)23(33-4)14-22(16)32-3/h5-8,13-14,17-18,27H,9-12,15H2,1-4H3,(H,28,29,30). The van der Waals surface area contributed by atoms with E-state index in [0.29, 0.717) is 18.0 Å². The molecule has 1 aliphatic rings. The number of para-hydroxylation sites is 1. The van der Waals surface area contributed by atoms with E-state index in [1.807, 2.05) is 43.3 Å². The molecule has 8 heteroatoms. The number of aromatic nitrogens is 2. The molecule has 1 aliphatic carbocycles. The summed E-state index contributed by atoms with van der Waals surface area (Å²) in [7, 11) is 7.39. The van der Waals surface area contributed by atoms with E-state index < -0.39 is 0 Å². The lowest BCUT2D eigenvalue weighted by Gasteiger charge is -2.30. The first kappa shape index (κ1) is 23.6. The Kier molecular flexibility index (Phi) is 7.55. The summed E-state index contributed by atoms with van der Waals surface area (Å²) < 4.78 is 11.9. The molecule has 1 aromatic heterocycles. The summed E-state index contributed by atoms with van der Waals surface area (Å²) in [6.07, 6.45) is 4.36. The summed E-state index contributed by atoms with van der Waals surface area (Å²) in [5, 5.41) is 8.36. The molecule has 0 spiro atoms. The lowest BCUT2D eigenvalue weighted by molar-refractivity contribution is 0.347. The van der Waals surface area contributed by atoms with E-state index in [1.165, 1.54) is 0 Å². The quantitative estimate of drug-likeness (QED) is 0.439. The van der Waals surface area contributed by atoms with Crippen LogP contribution in [0.25, 0.3) is 10.9 Å². The van der Waals surface area contributed by atoms with Gasteiger partial charge in [-0.25, -0.2) is 4.98 Å². The van der Waals surface area contributed by atoms with Crippen molar-refractivity contribution in [1.29, 1.82) is 0 Å². The van der Waals surface area contributed by atoms with Gasteiger partial charge in [0.2, 0.25) is 5.95 Å². The van der Waals surface area contributed by atoms with Crippen LogP contribution < -0.4 is 25.0 Å². The predicted octanol–water partition coefficient (Wildman–Crippen LogP) is 4.99. The number of methoxy groups -OCH3 is 2. The molecular formula is C25H32BrN5O2. The SMILES string of the molecule is COc1cc(OC)c(CNC2CCC(Nc3nc(N(C)C)c4ccccc4n3)CC2)cc1Br. The highest BCUT2D eigenvalue weighted by atomic mass is 79.9. The highest BCUT2D eigenvalue weighted by molar-refractivity contribution is 9.10. The minimum absolute atomic E-state index is 0.379. The molecule has 0 saturated heterocycles. The number of fused-ring (bicyclic) bond motifs is 1. The van der Waals surface area contributed by atoms with Gasteiger partial charge in [-0.2, -0.15) is 4.98 Å². The summed E-state index contributed by atoms with van der Waals surface area (Å²) in [6, 6.07) is 13.0. The molecule has 0 radical (unpaired) electrons. The molecule has 1 saturated carbocycles. The third-order valence-electron chi connectivity index (χ3n) is 6.20. The average molecular weight is 514 g/mol. The van der Waals surface area contributed by atoms with Gasteiger partial charge in [0.25, 0.3) is 0 Å². The van der Waals surface area contributed by atoms with Crippen molar-refractivity contribution in [2.45, 2.75) is 44.3 Å². The van der Waals surface area contributed by atoms with E-state index in [2.05, 4.69) is 38.7 Å². The number of halogens is 1. The molecule has 7 nitrogen and oxygen atoms in total.